The van der Waals surface area contributed by atoms with Crippen LogP contribution in [0.15, 0.2) is 53.8 Å². The van der Waals surface area contributed by atoms with Gasteiger partial charge in [0.2, 0.25) is 0 Å². The van der Waals surface area contributed by atoms with Gasteiger partial charge in [0.05, 0.1) is 0 Å². The first-order chi connectivity index (χ1) is 11.1. The van der Waals surface area contributed by atoms with Crippen molar-refractivity contribution in [1.29, 1.82) is 0 Å². The van der Waals surface area contributed by atoms with E-state index in [1.54, 1.807) is 29.9 Å². The van der Waals surface area contributed by atoms with Crippen LogP contribution >= 0.6 is 0 Å². The lowest BCUT2D eigenvalue weighted by Crippen LogP contribution is -2.45. The third-order valence-corrected chi connectivity index (χ3v) is 3.57. The van der Waals surface area contributed by atoms with Crippen LogP contribution in [0.1, 0.15) is 28.6 Å². The lowest BCUT2D eigenvalue weighted by atomic mass is 10.0. The van der Waals surface area contributed by atoms with Crippen LogP contribution < -0.4 is 10.9 Å². The minimum Gasteiger partial charge on any atom is -0.387 e. The van der Waals surface area contributed by atoms with Gasteiger partial charge in [0.15, 0.2) is 11.8 Å². The number of aromatic nitrogens is 1. The third kappa shape index (κ3) is 3.23. The normalized spacial score (nSPS) is 16.4. The monoisotopic (exact) mass is 312 g/mol. The van der Waals surface area contributed by atoms with Gasteiger partial charge in [0, 0.05) is 19.7 Å². The Labute approximate surface area is 132 Å². The zero-order valence-electron chi connectivity index (χ0n) is 12.5. The number of aryl methyl sites for hydroxylation is 1. The standard InChI is InChI=1S/C16H16N4O3/c1-20-9-5-8-13(20)16(22)18-17-15(21)12-10-14(23-19-12)11-6-3-2-4-7-11/h2-9,14H,10H2,1H3,(H,17,21)(H,18,22)/t14-/m0/s1. The van der Waals surface area contributed by atoms with Gasteiger partial charge in [-0.05, 0) is 17.7 Å². The number of nitrogens with zero attached hydrogens (tertiary/aromatic N) is 2. The minimum atomic E-state index is -0.481. The Bertz CT molecular complexity index is 752. The second-order valence-electron chi connectivity index (χ2n) is 5.16. The van der Waals surface area contributed by atoms with Gasteiger partial charge in [-0.2, -0.15) is 0 Å². The van der Waals surface area contributed by atoms with Crippen molar-refractivity contribution in [3.63, 3.8) is 0 Å². The fourth-order valence-corrected chi connectivity index (χ4v) is 2.30. The molecule has 0 bridgehead atoms. The molecule has 0 unspecified atom stereocenters. The van der Waals surface area contributed by atoms with Crippen LogP contribution in [0.4, 0.5) is 0 Å². The smallest absolute Gasteiger partial charge is 0.287 e. The van der Waals surface area contributed by atoms with E-state index in [9.17, 15) is 9.59 Å². The highest BCUT2D eigenvalue weighted by Crippen LogP contribution is 2.26. The first-order valence-electron chi connectivity index (χ1n) is 7.15. The number of oxime groups is 1. The minimum absolute atomic E-state index is 0.242. The van der Waals surface area contributed by atoms with Crippen LogP contribution in [0, 0.1) is 0 Å². The van der Waals surface area contributed by atoms with Crippen molar-refractivity contribution in [2.75, 3.05) is 0 Å². The molecular formula is C16H16N4O3. The number of hydrogen-bond acceptors (Lipinski definition) is 4. The topological polar surface area (TPSA) is 84.7 Å². The van der Waals surface area contributed by atoms with Gasteiger partial charge < -0.3 is 9.40 Å². The molecule has 1 atom stereocenters. The average molecular weight is 312 g/mol. The molecule has 0 aliphatic carbocycles. The summed E-state index contributed by atoms with van der Waals surface area (Å²) in [5.41, 5.74) is 6.35. The molecule has 0 saturated carbocycles. The van der Waals surface area contributed by atoms with Crippen LogP contribution in [0.3, 0.4) is 0 Å². The molecule has 2 N–H and O–H groups in total. The number of hydrazine groups is 1. The molecule has 7 heteroatoms. The number of rotatable bonds is 3. The maximum Gasteiger partial charge on any atom is 0.287 e. The Hall–Kier alpha value is -3.09. The Kier molecular flexibility index (Phi) is 4.09. The summed E-state index contributed by atoms with van der Waals surface area (Å²) in [6.07, 6.45) is 1.83. The second-order valence-corrected chi connectivity index (χ2v) is 5.16. The molecule has 1 aliphatic heterocycles. The SMILES string of the molecule is Cn1cccc1C(=O)NNC(=O)C1=NO[C@H](c2ccccc2)C1. The zero-order valence-corrected chi connectivity index (χ0v) is 12.5. The summed E-state index contributed by atoms with van der Waals surface area (Å²) in [4.78, 5) is 29.2. The predicted molar refractivity (Wildman–Crippen MR) is 83.3 cm³/mol. The van der Waals surface area contributed by atoms with E-state index < -0.39 is 11.8 Å². The van der Waals surface area contributed by atoms with E-state index in [1.807, 2.05) is 30.3 Å². The number of hydrogen-bond donors (Lipinski definition) is 2. The molecule has 23 heavy (non-hydrogen) atoms. The van der Waals surface area contributed by atoms with E-state index in [1.165, 1.54) is 0 Å². The Morgan fingerprint density at radius 1 is 1.13 bits per heavy atom. The molecule has 0 saturated heterocycles. The van der Waals surface area contributed by atoms with E-state index in [2.05, 4.69) is 16.0 Å². The first-order valence-corrected chi connectivity index (χ1v) is 7.15. The molecular weight excluding hydrogens is 296 g/mol. The summed E-state index contributed by atoms with van der Waals surface area (Å²) >= 11 is 0. The predicted octanol–water partition coefficient (Wildman–Crippen LogP) is 1.30. The molecule has 1 aliphatic rings. The fraction of sp³-hybridized carbons (Fsp3) is 0.188. The second kappa shape index (κ2) is 6.35. The number of amides is 2. The summed E-state index contributed by atoms with van der Waals surface area (Å²) in [6, 6.07) is 12.9. The number of carbonyl (C=O) groups excluding carboxylic acids is 2. The molecule has 3 rings (SSSR count). The highest BCUT2D eigenvalue weighted by Gasteiger charge is 2.27. The zero-order chi connectivity index (χ0) is 16.2. The van der Waals surface area contributed by atoms with Crippen LogP contribution in [0.5, 0.6) is 0 Å². The van der Waals surface area contributed by atoms with Gasteiger partial charge in [0.25, 0.3) is 11.8 Å². The maximum absolute atomic E-state index is 12.0. The molecule has 2 amide bonds. The number of benzene rings is 1. The van der Waals surface area contributed by atoms with Gasteiger partial charge in [-0.1, -0.05) is 35.5 Å². The van der Waals surface area contributed by atoms with Crippen molar-refractivity contribution in [3.05, 3.63) is 59.9 Å². The molecule has 2 aromatic rings. The van der Waals surface area contributed by atoms with Gasteiger partial charge in [-0.15, -0.1) is 0 Å². The molecule has 0 fully saturated rings. The molecule has 2 heterocycles. The van der Waals surface area contributed by atoms with Gasteiger partial charge in [0.1, 0.15) is 5.69 Å². The van der Waals surface area contributed by atoms with Crippen molar-refractivity contribution < 1.29 is 14.4 Å². The highest BCUT2D eigenvalue weighted by atomic mass is 16.6. The Balaban J connectivity index is 1.54. The largest absolute Gasteiger partial charge is 0.387 e. The first kappa shape index (κ1) is 14.8. The van der Waals surface area contributed by atoms with Crippen LogP contribution in [-0.4, -0.2) is 22.1 Å². The summed E-state index contributed by atoms with van der Waals surface area (Å²) < 4.78 is 1.66. The van der Waals surface area contributed by atoms with E-state index in [-0.39, 0.29) is 11.8 Å². The maximum atomic E-state index is 12.0. The average Bonchev–Trinajstić information content (AvgIpc) is 3.22. The van der Waals surface area contributed by atoms with E-state index in [0.29, 0.717) is 12.1 Å². The van der Waals surface area contributed by atoms with Crippen molar-refractivity contribution >= 4 is 17.5 Å². The molecule has 7 nitrogen and oxygen atoms in total. The number of nitrogens with one attached hydrogen (secondary N) is 2. The third-order valence-electron chi connectivity index (χ3n) is 3.57. The number of carbonyl (C=O) groups is 2. The lowest BCUT2D eigenvalue weighted by Gasteiger charge is -2.08. The Morgan fingerprint density at radius 2 is 1.87 bits per heavy atom. The summed E-state index contributed by atoms with van der Waals surface area (Å²) in [7, 11) is 1.75. The summed E-state index contributed by atoms with van der Waals surface area (Å²) in [5.74, 6) is -0.879. The Morgan fingerprint density at radius 3 is 2.57 bits per heavy atom. The molecule has 1 aromatic heterocycles. The highest BCUT2D eigenvalue weighted by molar-refractivity contribution is 6.39. The van der Waals surface area contributed by atoms with Gasteiger partial charge in [-0.25, -0.2) is 0 Å². The van der Waals surface area contributed by atoms with Gasteiger partial charge >= 0.3 is 0 Å². The van der Waals surface area contributed by atoms with Crippen molar-refractivity contribution in [1.82, 2.24) is 15.4 Å². The molecule has 1 aromatic carbocycles. The van der Waals surface area contributed by atoms with E-state index in [0.717, 1.165) is 5.56 Å². The van der Waals surface area contributed by atoms with Crippen molar-refractivity contribution in [3.8, 4) is 0 Å². The van der Waals surface area contributed by atoms with E-state index in [4.69, 9.17) is 4.84 Å². The molecule has 118 valence electrons. The fourth-order valence-electron chi connectivity index (χ4n) is 2.30. The molecule has 0 spiro atoms. The summed E-state index contributed by atoms with van der Waals surface area (Å²) in [6.45, 7) is 0. The molecule has 0 radical (unpaired) electrons. The van der Waals surface area contributed by atoms with Crippen molar-refractivity contribution in [2.45, 2.75) is 12.5 Å². The van der Waals surface area contributed by atoms with Crippen LogP contribution in [-0.2, 0) is 16.7 Å². The van der Waals surface area contributed by atoms with Crippen LogP contribution in [0.25, 0.3) is 0 Å². The summed E-state index contributed by atoms with van der Waals surface area (Å²) in [5, 5.41) is 3.80. The van der Waals surface area contributed by atoms with Gasteiger partial charge in [-0.3, -0.25) is 20.4 Å². The lowest BCUT2D eigenvalue weighted by molar-refractivity contribution is -0.115. The van der Waals surface area contributed by atoms with E-state index >= 15 is 0 Å². The van der Waals surface area contributed by atoms with Crippen molar-refractivity contribution in [2.24, 2.45) is 12.2 Å². The quantitative estimate of drug-likeness (QED) is 0.838. The van der Waals surface area contributed by atoms with Crippen LogP contribution in [0.2, 0.25) is 0 Å².